The van der Waals surface area contributed by atoms with Crippen LogP contribution in [0.15, 0.2) is 54.6 Å². The smallest absolute Gasteiger partial charge is 0.214 e. The lowest BCUT2D eigenvalue weighted by molar-refractivity contribution is 0.0872. The Morgan fingerprint density at radius 1 is 1.04 bits per heavy atom. The second kappa shape index (κ2) is 8.14. The summed E-state index contributed by atoms with van der Waals surface area (Å²) in [6, 6.07) is 17.6. The fourth-order valence-corrected chi connectivity index (χ4v) is 5.08. The minimum absolute atomic E-state index is 0.0426. The normalized spacial score (nSPS) is 18.6. The number of nitrogens with zero attached hydrogens (tertiary/aromatic N) is 1. The first-order valence-corrected chi connectivity index (χ1v) is 10.8. The number of carbonyl (C=O) groups excluding carboxylic acids is 1. The van der Waals surface area contributed by atoms with Gasteiger partial charge in [-0.2, -0.15) is 0 Å². The van der Waals surface area contributed by atoms with Crippen molar-refractivity contribution in [2.24, 2.45) is 5.92 Å². The van der Waals surface area contributed by atoms with Crippen molar-refractivity contribution in [3.05, 3.63) is 60.2 Å². The largest absolute Gasteiger partial charge is 0.294 e. The Hall–Kier alpha value is -1.98. The maximum Gasteiger partial charge on any atom is 0.214 e. The van der Waals surface area contributed by atoms with E-state index in [9.17, 15) is 13.2 Å². The van der Waals surface area contributed by atoms with Crippen LogP contribution in [0.1, 0.15) is 36.5 Å². The number of piperidine rings is 1. The van der Waals surface area contributed by atoms with Crippen LogP contribution in [0.3, 0.4) is 0 Å². The summed E-state index contributed by atoms with van der Waals surface area (Å²) in [5.41, 5.74) is 2.84. The number of hydrogen-bond acceptors (Lipinski definition) is 3. The van der Waals surface area contributed by atoms with Crippen molar-refractivity contribution in [3.8, 4) is 11.1 Å². The second-order valence-corrected chi connectivity index (χ2v) is 8.91. The molecule has 1 heterocycles. The van der Waals surface area contributed by atoms with Gasteiger partial charge in [0.2, 0.25) is 10.0 Å². The van der Waals surface area contributed by atoms with Crippen molar-refractivity contribution in [2.45, 2.75) is 26.2 Å². The number of carbonyl (C=O) groups is 1. The number of hydrogen-bond donors (Lipinski definition) is 0. The molecular weight excluding hydrogens is 346 g/mol. The van der Waals surface area contributed by atoms with Crippen LogP contribution in [0, 0.1) is 5.92 Å². The Balaban J connectivity index is 1.72. The second-order valence-electron chi connectivity index (χ2n) is 6.82. The van der Waals surface area contributed by atoms with Gasteiger partial charge in [-0.1, -0.05) is 61.5 Å². The molecule has 0 saturated carbocycles. The molecule has 1 aliphatic rings. The van der Waals surface area contributed by atoms with Gasteiger partial charge in [0.1, 0.15) is 0 Å². The maximum atomic E-state index is 12.9. The van der Waals surface area contributed by atoms with Gasteiger partial charge in [0.15, 0.2) is 5.78 Å². The number of benzene rings is 2. The molecule has 26 heavy (non-hydrogen) atoms. The molecule has 1 unspecified atom stereocenters. The lowest BCUT2D eigenvalue weighted by atomic mass is 9.90. The molecule has 0 radical (unpaired) electrons. The Bertz CT molecular complexity index is 845. The highest BCUT2D eigenvalue weighted by atomic mass is 32.2. The van der Waals surface area contributed by atoms with Crippen LogP contribution in [-0.4, -0.2) is 37.3 Å². The van der Waals surface area contributed by atoms with Gasteiger partial charge in [0, 0.05) is 24.6 Å². The van der Waals surface area contributed by atoms with Crippen molar-refractivity contribution < 1.29 is 13.2 Å². The summed E-state index contributed by atoms with van der Waals surface area (Å²) in [7, 11) is -3.24. The third kappa shape index (κ3) is 4.22. The number of ketones is 1. The van der Waals surface area contributed by atoms with Gasteiger partial charge in [0.25, 0.3) is 0 Å². The summed E-state index contributed by atoms with van der Waals surface area (Å²) in [5, 5.41) is 0. The summed E-state index contributed by atoms with van der Waals surface area (Å²) in [5.74, 6) is -0.0568. The van der Waals surface area contributed by atoms with Crippen molar-refractivity contribution in [2.75, 3.05) is 18.8 Å². The molecule has 3 rings (SSSR count). The highest BCUT2D eigenvalue weighted by Crippen LogP contribution is 2.25. The minimum Gasteiger partial charge on any atom is -0.294 e. The molecule has 1 aliphatic heterocycles. The van der Waals surface area contributed by atoms with E-state index in [1.165, 1.54) is 4.31 Å². The molecule has 0 aromatic heterocycles. The molecule has 1 saturated heterocycles. The van der Waals surface area contributed by atoms with Crippen LogP contribution in [0.4, 0.5) is 0 Å². The average Bonchev–Trinajstić information content (AvgIpc) is 2.68. The monoisotopic (exact) mass is 371 g/mol. The van der Waals surface area contributed by atoms with E-state index >= 15 is 0 Å². The quantitative estimate of drug-likeness (QED) is 0.722. The predicted octanol–water partition coefficient (Wildman–Crippen LogP) is 3.99. The van der Waals surface area contributed by atoms with E-state index in [0.29, 0.717) is 25.1 Å². The highest BCUT2D eigenvalue weighted by Gasteiger charge is 2.32. The van der Waals surface area contributed by atoms with Gasteiger partial charge in [-0.05, 0) is 30.4 Å². The number of rotatable bonds is 6. The summed E-state index contributed by atoms with van der Waals surface area (Å²) >= 11 is 0. The van der Waals surface area contributed by atoms with Crippen LogP contribution in [0.2, 0.25) is 0 Å². The van der Waals surface area contributed by atoms with E-state index < -0.39 is 10.0 Å². The van der Waals surface area contributed by atoms with Crippen LogP contribution < -0.4 is 0 Å². The van der Waals surface area contributed by atoms with E-state index in [4.69, 9.17) is 0 Å². The number of Topliss-reactive ketones (excluding diaryl/α,β-unsaturated/α-hetero) is 1. The van der Waals surface area contributed by atoms with Gasteiger partial charge >= 0.3 is 0 Å². The van der Waals surface area contributed by atoms with Crippen molar-refractivity contribution >= 4 is 15.8 Å². The molecule has 5 heteroatoms. The summed E-state index contributed by atoms with van der Waals surface area (Å²) in [6.07, 6.45) is 2.08. The third-order valence-electron chi connectivity index (χ3n) is 4.89. The van der Waals surface area contributed by atoms with Crippen LogP contribution in [0.25, 0.3) is 11.1 Å². The SMILES string of the molecule is CCCS(=O)(=O)N1CCCC(C(=O)c2ccc(-c3ccccc3)cc2)C1. The lowest BCUT2D eigenvalue weighted by Gasteiger charge is -2.31. The molecule has 2 aromatic carbocycles. The lowest BCUT2D eigenvalue weighted by Crippen LogP contribution is -2.43. The molecule has 4 nitrogen and oxygen atoms in total. The van der Waals surface area contributed by atoms with Crippen molar-refractivity contribution in [1.29, 1.82) is 0 Å². The van der Waals surface area contributed by atoms with E-state index in [0.717, 1.165) is 24.0 Å². The summed E-state index contributed by atoms with van der Waals surface area (Å²) < 4.78 is 26.1. The zero-order valence-electron chi connectivity index (χ0n) is 15.1. The molecule has 0 amide bonds. The molecule has 2 aromatic rings. The maximum absolute atomic E-state index is 12.9. The molecule has 0 bridgehead atoms. The molecule has 138 valence electrons. The van der Waals surface area contributed by atoms with Gasteiger partial charge in [-0.3, -0.25) is 4.79 Å². The van der Waals surface area contributed by atoms with Crippen molar-refractivity contribution in [3.63, 3.8) is 0 Å². The predicted molar refractivity (Wildman–Crippen MR) is 105 cm³/mol. The molecule has 0 aliphatic carbocycles. The molecule has 1 atom stereocenters. The highest BCUT2D eigenvalue weighted by molar-refractivity contribution is 7.89. The molecule has 0 spiro atoms. The minimum atomic E-state index is -3.24. The van der Waals surface area contributed by atoms with Crippen LogP contribution >= 0.6 is 0 Å². The molecule has 0 N–H and O–H groups in total. The van der Waals surface area contributed by atoms with Crippen LogP contribution in [0.5, 0.6) is 0 Å². The summed E-state index contributed by atoms with van der Waals surface area (Å²) in [4.78, 5) is 12.9. The fraction of sp³-hybridized carbons (Fsp3) is 0.381. The average molecular weight is 372 g/mol. The first kappa shape index (κ1) is 18.8. The zero-order chi connectivity index (χ0) is 18.6. The van der Waals surface area contributed by atoms with Crippen LogP contribution in [-0.2, 0) is 10.0 Å². The van der Waals surface area contributed by atoms with E-state index in [1.54, 1.807) is 0 Å². The standard InChI is InChI=1S/C21H25NO3S/c1-2-15-26(24,25)22-14-6-9-20(16-22)21(23)19-12-10-18(11-13-19)17-7-4-3-5-8-17/h3-5,7-8,10-13,20H,2,6,9,14-16H2,1H3. The Morgan fingerprint density at radius 2 is 1.69 bits per heavy atom. The molecular formula is C21H25NO3S. The first-order chi connectivity index (χ1) is 12.5. The Morgan fingerprint density at radius 3 is 2.35 bits per heavy atom. The van der Waals surface area contributed by atoms with Gasteiger partial charge in [0.05, 0.1) is 5.75 Å². The fourth-order valence-electron chi connectivity index (χ4n) is 3.49. The van der Waals surface area contributed by atoms with Gasteiger partial charge in [-0.25, -0.2) is 12.7 Å². The topological polar surface area (TPSA) is 54.5 Å². The van der Waals surface area contributed by atoms with E-state index in [2.05, 4.69) is 0 Å². The molecule has 1 fully saturated rings. The van der Waals surface area contributed by atoms with Gasteiger partial charge in [-0.15, -0.1) is 0 Å². The van der Waals surface area contributed by atoms with Crippen molar-refractivity contribution in [1.82, 2.24) is 4.31 Å². The zero-order valence-corrected chi connectivity index (χ0v) is 15.9. The Kier molecular flexibility index (Phi) is 5.89. The number of sulfonamides is 1. The summed E-state index contributed by atoms with van der Waals surface area (Å²) in [6.45, 7) is 2.69. The van der Waals surface area contributed by atoms with E-state index in [-0.39, 0.29) is 17.5 Å². The van der Waals surface area contributed by atoms with E-state index in [1.807, 2.05) is 61.5 Å². The first-order valence-electron chi connectivity index (χ1n) is 9.19. The third-order valence-corrected chi connectivity index (χ3v) is 6.93. The van der Waals surface area contributed by atoms with Gasteiger partial charge < -0.3 is 0 Å². The Labute approximate surface area is 155 Å².